The first-order chi connectivity index (χ1) is 17.7. The summed E-state index contributed by atoms with van der Waals surface area (Å²) in [6.07, 6.45) is -4.48. The van der Waals surface area contributed by atoms with Gasteiger partial charge < -0.3 is 19.9 Å². The number of piperazine rings is 1. The van der Waals surface area contributed by atoms with Gasteiger partial charge in [-0.05, 0) is 49.7 Å². The quantitative estimate of drug-likeness (QED) is 0.454. The van der Waals surface area contributed by atoms with Gasteiger partial charge in [-0.25, -0.2) is 9.79 Å². The van der Waals surface area contributed by atoms with Gasteiger partial charge in [-0.15, -0.1) is 0 Å². The molecule has 2 aliphatic rings. The highest BCUT2D eigenvalue weighted by Crippen LogP contribution is 2.42. The number of para-hydroxylation sites is 1. The van der Waals surface area contributed by atoms with E-state index in [2.05, 4.69) is 10.2 Å². The maximum Gasteiger partial charge on any atom is 0.416 e. The number of alkyl halides is 3. The molecule has 37 heavy (non-hydrogen) atoms. The molecule has 2 heterocycles. The van der Waals surface area contributed by atoms with Crippen LogP contribution in [0.15, 0.2) is 71.7 Å². The summed E-state index contributed by atoms with van der Waals surface area (Å²) in [5.41, 5.74) is 2.40. The summed E-state index contributed by atoms with van der Waals surface area (Å²) in [5.74, 6) is 1.10. The molecule has 9 heteroatoms. The van der Waals surface area contributed by atoms with Gasteiger partial charge >= 0.3 is 12.2 Å². The number of carbonyl (C=O) groups excluding carboxylic acids is 1. The first kappa shape index (κ1) is 24.7. The normalized spacial score (nSPS) is 17.2. The fourth-order valence-corrected chi connectivity index (χ4v) is 4.69. The van der Waals surface area contributed by atoms with Gasteiger partial charge in [0.15, 0.2) is 5.75 Å². The molecule has 0 bridgehead atoms. The summed E-state index contributed by atoms with van der Waals surface area (Å²) in [7, 11) is 0. The predicted molar refractivity (Wildman–Crippen MR) is 135 cm³/mol. The molecule has 6 nitrogen and oxygen atoms in total. The number of hydrogen-bond acceptors (Lipinski definition) is 4. The number of aliphatic imine (C=N–C) groups is 1. The second-order valence-corrected chi connectivity index (χ2v) is 9.35. The standard InChI is InChI=1S/C28H27F3N4O2/c1-18-6-5-7-20(14-18)16-32-27(36)35-13-12-34(17-19(35)2)26-22-8-3-4-9-24(22)37-25-15-21(28(29,30)31)10-11-23(25)33-26/h3-11,14-15,19H,12-13,16-17H2,1-2H3,(H,32,36)/t19-/m1/s1. The number of nitrogens with zero attached hydrogens (tertiary/aromatic N) is 3. The van der Waals surface area contributed by atoms with Crippen molar-refractivity contribution >= 4 is 17.6 Å². The highest BCUT2D eigenvalue weighted by molar-refractivity contribution is 6.04. The van der Waals surface area contributed by atoms with Crippen molar-refractivity contribution in [2.24, 2.45) is 4.99 Å². The number of halogens is 3. The van der Waals surface area contributed by atoms with Gasteiger partial charge in [-0.3, -0.25) is 0 Å². The Morgan fingerprint density at radius 1 is 1.05 bits per heavy atom. The van der Waals surface area contributed by atoms with Gasteiger partial charge in [-0.1, -0.05) is 42.0 Å². The lowest BCUT2D eigenvalue weighted by Crippen LogP contribution is -2.57. The van der Waals surface area contributed by atoms with Crippen LogP contribution < -0.4 is 10.1 Å². The first-order valence-electron chi connectivity index (χ1n) is 12.1. The third-order valence-corrected chi connectivity index (χ3v) is 6.58. The Hall–Kier alpha value is -4.01. The minimum atomic E-state index is -4.48. The van der Waals surface area contributed by atoms with Crippen LogP contribution >= 0.6 is 0 Å². The van der Waals surface area contributed by atoms with E-state index in [1.807, 2.05) is 50.2 Å². The number of hydrogen-bond donors (Lipinski definition) is 1. The van der Waals surface area contributed by atoms with E-state index in [1.165, 1.54) is 6.07 Å². The topological polar surface area (TPSA) is 57.2 Å². The molecule has 1 atom stereocenters. The van der Waals surface area contributed by atoms with Crippen molar-refractivity contribution in [3.63, 3.8) is 0 Å². The SMILES string of the molecule is Cc1cccc(CNC(=O)N2CCN(C3=Nc4ccc(C(F)(F)F)cc4Oc4ccccc43)C[C@H]2C)c1. The number of carbonyl (C=O) groups is 1. The lowest BCUT2D eigenvalue weighted by Gasteiger charge is -2.41. The zero-order valence-electron chi connectivity index (χ0n) is 20.5. The van der Waals surface area contributed by atoms with Crippen LogP contribution in [0, 0.1) is 6.92 Å². The minimum absolute atomic E-state index is 0.0551. The number of fused-ring (bicyclic) bond motifs is 2. The molecule has 3 aromatic carbocycles. The third kappa shape index (κ3) is 5.26. The summed E-state index contributed by atoms with van der Waals surface area (Å²) < 4.78 is 45.8. The zero-order valence-corrected chi connectivity index (χ0v) is 20.5. The Morgan fingerprint density at radius 3 is 2.62 bits per heavy atom. The fraction of sp³-hybridized carbons (Fsp3) is 0.286. The summed E-state index contributed by atoms with van der Waals surface area (Å²) in [6, 6.07) is 18.3. The Balaban J connectivity index is 1.36. The molecular weight excluding hydrogens is 481 g/mol. The van der Waals surface area contributed by atoms with E-state index in [1.54, 1.807) is 17.0 Å². The molecule has 1 fully saturated rings. The van der Waals surface area contributed by atoms with Crippen molar-refractivity contribution < 1.29 is 22.7 Å². The molecule has 2 amide bonds. The number of amides is 2. The molecule has 1 saturated heterocycles. The van der Waals surface area contributed by atoms with E-state index in [0.29, 0.717) is 49.0 Å². The smallest absolute Gasteiger partial charge is 0.416 e. The molecule has 0 radical (unpaired) electrons. The molecule has 0 aromatic heterocycles. The van der Waals surface area contributed by atoms with Crippen LogP contribution in [0.5, 0.6) is 11.5 Å². The monoisotopic (exact) mass is 508 g/mol. The molecule has 0 aliphatic carbocycles. The number of urea groups is 1. The lowest BCUT2D eigenvalue weighted by molar-refractivity contribution is -0.137. The number of rotatable bonds is 2. The number of nitrogens with one attached hydrogen (secondary N) is 1. The Kier molecular flexibility index (Phi) is 6.54. The van der Waals surface area contributed by atoms with E-state index in [0.717, 1.165) is 23.3 Å². The second-order valence-electron chi connectivity index (χ2n) is 9.35. The van der Waals surface area contributed by atoms with Crippen LogP contribution in [0.1, 0.15) is 29.2 Å². The number of benzene rings is 3. The molecule has 5 rings (SSSR count). The number of amidine groups is 1. The Labute approximate surface area is 213 Å². The van der Waals surface area contributed by atoms with Crippen LogP contribution in [-0.4, -0.2) is 47.3 Å². The zero-order chi connectivity index (χ0) is 26.2. The number of ether oxygens (including phenoxy) is 1. The van der Waals surface area contributed by atoms with E-state index in [-0.39, 0.29) is 17.8 Å². The van der Waals surface area contributed by atoms with Crippen molar-refractivity contribution in [2.75, 3.05) is 19.6 Å². The maximum atomic E-state index is 13.3. The lowest BCUT2D eigenvalue weighted by atomic mass is 10.1. The van der Waals surface area contributed by atoms with Crippen LogP contribution in [-0.2, 0) is 12.7 Å². The number of aryl methyl sites for hydroxylation is 1. The van der Waals surface area contributed by atoms with E-state index in [9.17, 15) is 18.0 Å². The van der Waals surface area contributed by atoms with Gasteiger partial charge in [0.1, 0.15) is 17.3 Å². The van der Waals surface area contributed by atoms with E-state index < -0.39 is 11.7 Å². The third-order valence-electron chi connectivity index (χ3n) is 6.58. The summed E-state index contributed by atoms with van der Waals surface area (Å²) in [5, 5.41) is 3.00. The fourth-order valence-electron chi connectivity index (χ4n) is 4.69. The molecule has 0 unspecified atom stereocenters. The van der Waals surface area contributed by atoms with Gasteiger partial charge in [0.2, 0.25) is 0 Å². The highest BCUT2D eigenvalue weighted by atomic mass is 19.4. The molecular formula is C28H27F3N4O2. The van der Waals surface area contributed by atoms with Crippen molar-refractivity contribution in [1.82, 2.24) is 15.1 Å². The minimum Gasteiger partial charge on any atom is -0.454 e. The molecule has 0 spiro atoms. The maximum absolute atomic E-state index is 13.3. The second kappa shape index (κ2) is 9.80. The molecule has 192 valence electrons. The van der Waals surface area contributed by atoms with E-state index >= 15 is 0 Å². The first-order valence-corrected chi connectivity index (χ1v) is 12.1. The average molecular weight is 509 g/mol. The summed E-state index contributed by atoms with van der Waals surface area (Å²) in [6.45, 7) is 5.94. The van der Waals surface area contributed by atoms with Crippen LogP contribution in [0.2, 0.25) is 0 Å². The predicted octanol–water partition coefficient (Wildman–Crippen LogP) is 6.11. The van der Waals surface area contributed by atoms with Crippen molar-refractivity contribution in [1.29, 1.82) is 0 Å². The Morgan fingerprint density at radius 2 is 1.86 bits per heavy atom. The summed E-state index contributed by atoms with van der Waals surface area (Å²) >= 11 is 0. The van der Waals surface area contributed by atoms with Gasteiger partial charge in [0, 0.05) is 32.2 Å². The molecule has 1 N–H and O–H groups in total. The van der Waals surface area contributed by atoms with Gasteiger partial charge in [0.05, 0.1) is 11.1 Å². The highest BCUT2D eigenvalue weighted by Gasteiger charge is 2.34. The summed E-state index contributed by atoms with van der Waals surface area (Å²) in [4.78, 5) is 21.5. The average Bonchev–Trinajstić information content (AvgIpc) is 3.03. The van der Waals surface area contributed by atoms with Crippen molar-refractivity contribution in [3.8, 4) is 11.5 Å². The van der Waals surface area contributed by atoms with Crippen LogP contribution in [0.3, 0.4) is 0 Å². The van der Waals surface area contributed by atoms with Gasteiger partial charge in [0.25, 0.3) is 0 Å². The van der Waals surface area contributed by atoms with Gasteiger partial charge in [-0.2, -0.15) is 13.2 Å². The van der Waals surface area contributed by atoms with Crippen LogP contribution in [0.4, 0.5) is 23.7 Å². The van der Waals surface area contributed by atoms with Crippen LogP contribution in [0.25, 0.3) is 0 Å². The van der Waals surface area contributed by atoms with Crippen molar-refractivity contribution in [2.45, 2.75) is 32.6 Å². The Bertz CT molecular complexity index is 1360. The molecule has 2 aliphatic heterocycles. The largest absolute Gasteiger partial charge is 0.454 e. The van der Waals surface area contributed by atoms with E-state index in [4.69, 9.17) is 9.73 Å². The van der Waals surface area contributed by atoms with Crippen molar-refractivity contribution in [3.05, 3.63) is 89.0 Å². The molecule has 0 saturated carbocycles. The molecule has 3 aromatic rings.